The predicted molar refractivity (Wildman–Crippen MR) is 203 cm³/mol. The van der Waals surface area contributed by atoms with Crippen molar-refractivity contribution in [1.29, 1.82) is 0 Å². The van der Waals surface area contributed by atoms with Crippen LogP contribution in [-0.4, -0.2) is 61.8 Å². The van der Waals surface area contributed by atoms with Crippen LogP contribution >= 0.6 is 0 Å². The number of hydrogen-bond acceptors (Lipinski definition) is 8. The highest BCUT2D eigenvalue weighted by atomic mass is 32.2. The smallest absolute Gasteiger partial charge is 0.229 e. The molecule has 0 spiro atoms. The molecule has 270 valence electrons. The van der Waals surface area contributed by atoms with Crippen molar-refractivity contribution in [2.24, 2.45) is 0 Å². The average Bonchev–Trinajstić information content (AvgIpc) is 3.05. The molecule has 5 N–H and O–H groups in total. The molecule has 0 unspecified atom stereocenters. The van der Waals surface area contributed by atoms with Crippen LogP contribution < -0.4 is 19.7 Å². The van der Waals surface area contributed by atoms with Crippen molar-refractivity contribution in [2.45, 2.75) is 78.0 Å². The van der Waals surface area contributed by atoms with Crippen molar-refractivity contribution < 1.29 is 28.5 Å². The van der Waals surface area contributed by atoms with E-state index in [9.17, 15) is 23.7 Å². The number of anilines is 2. The molecule has 0 saturated carbocycles. The van der Waals surface area contributed by atoms with Crippen molar-refractivity contribution in [3.05, 3.63) is 113 Å². The number of sulfonamides is 1. The molecule has 0 aliphatic rings. The summed E-state index contributed by atoms with van der Waals surface area (Å²) in [7, 11) is -3.56. The van der Waals surface area contributed by atoms with Gasteiger partial charge in [-0.15, -0.1) is 0 Å². The van der Waals surface area contributed by atoms with Gasteiger partial charge in [0.05, 0.1) is 24.7 Å². The number of hydrogen-bond donors (Lipinski definition) is 5. The number of phenolic OH excluding ortho intramolecular Hbond substituents is 2. The molecule has 4 rings (SSSR count). The third-order valence-electron chi connectivity index (χ3n) is 8.77. The fourth-order valence-electron chi connectivity index (χ4n) is 6.44. The van der Waals surface area contributed by atoms with Crippen LogP contribution in [0.25, 0.3) is 0 Å². The van der Waals surface area contributed by atoms with Gasteiger partial charge in [0.2, 0.25) is 10.0 Å². The van der Waals surface area contributed by atoms with Crippen molar-refractivity contribution in [1.82, 2.24) is 5.32 Å². The van der Waals surface area contributed by atoms with E-state index in [0.717, 1.165) is 41.5 Å². The average molecular weight is 704 g/mol. The Hall–Kier alpha value is -4.25. The van der Waals surface area contributed by atoms with Gasteiger partial charge in [-0.3, -0.25) is 4.72 Å². The van der Waals surface area contributed by atoms with Crippen molar-refractivity contribution in [3.8, 4) is 17.2 Å². The predicted octanol–water partition coefficient (Wildman–Crippen LogP) is 7.12. The first-order valence-electron chi connectivity index (χ1n) is 17.4. The lowest BCUT2D eigenvalue weighted by Gasteiger charge is -2.34. The van der Waals surface area contributed by atoms with Gasteiger partial charge in [-0.2, -0.15) is 0 Å². The molecule has 0 amide bonds. The van der Waals surface area contributed by atoms with Gasteiger partial charge in [-0.05, 0) is 112 Å². The van der Waals surface area contributed by atoms with Gasteiger partial charge in [-0.25, -0.2) is 8.42 Å². The Morgan fingerprint density at radius 3 is 2.14 bits per heavy atom. The lowest BCUT2D eigenvalue weighted by molar-refractivity contribution is 0.175. The van der Waals surface area contributed by atoms with Gasteiger partial charge in [0.1, 0.15) is 17.2 Å². The molecule has 9 nitrogen and oxygen atoms in total. The second-order valence-electron chi connectivity index (χ2n) is 13.4. The summed E-state index contributed by atoms with van der Waals surface area (Å²) in [6, 6.07) is 27.6. The highest BCUT2D eigenvalue weighted by Crippen LogP contribution is 2.36. The van der Waals surface area contributed by atoms with Gasteiger partial charge >= 0.3 is 0 Å². The number of nitrogens with one attached hydrogen (secondary N) is 2. The Morgan fingerprint density at radius 2 is 1.48 bits per heavy atom. The quantitative estimate of drug-likeness (QED) is 0.0547. The summed E-state index contributed by atoms with van der Waals surface area (Å²) in [5.41, 5.74) is 6.07. The molecular formula is C40H53N3O6S. The highest BCUT2D eigenvalue weighted by Gasteiger charge is 2.20. The summed E-state index contributed by atoms with van der Waals surface area (Å²) in [5, 5.41) is 34.6. The van der Waals surface area contributed by atoms with Crippen LogP contribution in [0.15, 0.2) is 84.9 Å². The van der Waals surface area contributed by atoms with Crippen molar-refractivity contribution >= 4 is 21.4 Å². The second kappa shape index (κ2) is 17.6. The number of aromatic hydroxyl groups is 2. The number of rotatable bonds is 18. The van der Waals surface area contributed by atoms with Crippen LogP contribution in [0.1, 0.15) is 80.9 Å². The van der Waals surface area contributed by atoms with Gasteiger partial charge in [0.25, 0.3) is 0 Å². The molecule has 0 saturated heterocycles. The number of phenols is 2. The summed E-state index contributed by atoms with van der Waals surface area (Å²) < 4.78 is 31.4. The minimum atomic E-state index is -3.56. The van der Waals surface area contributed by atoms with Crippen LogP contribution in [0, 0.1) is 0 Å². The Kier molecular flexibility index (Phi) is 13.6. The molecular weight excluding hydrogens is 651 g/mol. The Bertz CT molecular complexity index is 1790. The van der Waals surface area contributed by atoms with E-state index in [-0.39, 0.29) is 23.9 Å². The number of ether oxygens (including phenoxy) is 1. The SMILES string of the molecule is CC[C@H](c1cccc(N(C(C)C)C(C)C)c1)c1cc(CCOc2ccc(CCNC[C@H](O)c3ccc(O)c(NS(C)(=O)=O)c3)cc2)ccc1O. The van der Waals surface area contributed by atoms with E-state index in [1.807, 2.05) is 30.3 Å². The summed E-state index contributed by atoms with van der Waals surface area (Å²) in [5.74, 6) is 0.962. The van der Waals surface area contributed by atoms with E-state index in [0.29, 0.717) is 43.0 Å². The molecule has 0 aromatic heterocycles. The Morgan fingerprint density at radius 1 is 0.800 bits per heavy atom. The molecule has 0 heterocycles. The zero-order chi connectivity index (χ0) is 36.4. The van der Waals surface area contributed by atoms with Gasteiger partial charge in [0, 0.05) is 42.2 Å². The minimum Gasteiger partial charge on any atom is -0.508 e. The topological polar surface area (TPSA) is 131 Å². The maximum Gasteiger partial charge on any atom is 0.229 e. The molecule has 0 aliphatic carbocycles. The molecule has 50 heavy (non-hydrogen) atoms. The van der Waals surface area contributed by atoms with Crippen molar-refractivity contribution in [2.75, 3.05) is 35.6 Å². The fraction of sp³-hybridized carbons (Fsp3) is 0.400. The van der Waals surface area contributed by atoms with E-state index < -0.39 is 16.1 Å². The Labute approximate surface area is 298 Å². The van der Waals surface area contributed by atoms with Gasteiger partial charge in [-0.1, -0.05) is 49.4 Å². The summed E-state index contributed by atoms with van der Waals surface area (Å²) >= 11 is 0. The van der Waals surface area contributed by atoms with E-state index in [1.165, 1.54) is 23.4 Å². The first kappa shape index (κ1) is 38.6. The number of aliphatic hydroxyl groups excluding tert-OH is 1. The summed E-state index contributed by atoms with van der Waals surface area (Å²) in [6.07, 6.45) is 2.45. The molecule has 0 aliphatic heterocycles. The molecule has 4 aromatic carbocycles. The maximum atomic E-state index is 11.5. The monoisotopic (exact) mass is 703 g/mol. The maximum absolute atomic E-state index is 11.5. The first-order chi connectivity index (χ1) is 23.8. The third kappa shape index (κ3) is 10.9. The molecule has 2 atom stereocenters. The molecule has 0 radical (unpaired) electrons. The second-order valence-corrected chi connectivity index (χ2v) is 15.2. The summed E-state index contributed by atoms with van der Waals surface area (Å²) in [4.78, 5) is 2.42. The standard InChI is InChI=1S/C40H53N3O6S/c1-7-35(31-9-8-10-33(24-31)43(27(2)3)28(4)5)36-23-30(13-17-38(36)44)20-22-49-34-15-11-29(12-16-34)19-21-41-26-40(46)32-14-18-39(45)37(25-32)42-50(6,47)48/h8-18,23-25,27-28,35,40-42,44-46H,7,19-22,26H2,1-6H3/t35-,40+/m1/s1. The van der Waals surface area contributed by atoms with E-state index in [2.05, 4.69) is 79.9 Å². The molecule has 0 bridgehead atoms. The number of aliphatic hydroxyl groups is 1. The highest BCUT2D eigenvalue weighted by molar-refractivity contribution is 7.92. The lowest BCUT2D eigenvalue weighted by Crippen LogP contribution is -2.37. The molecule has 10 heteroatoms. The third-order valence-corrected chi connectivity index (χ3v) is 9.36. The normalized spacial score (nSPS) is 13.0. The van der Waals surface area contributed by atoms with Crippen LogP contribution in [0.5, 0.6) is 17.2 Å². The van der Waals surface area contributed by atoms with Gasteiger partial charge < -0.3 is 30.3 Å². The zero-order valence-corrected chi connectivity index (χ0v) is 30.9. The molecule has 0 fully saturated rings. The van der Waals surface area contributed by atoms with Crippen LogP contribution in [0.3, 0.4) is 0 Å². The first-order valence-corrected chi connectivity index (χ1v) is 19.3. The van der Waals surface area contributed by atoms with E-state index >= 15 is 0 Å². The number of nitrogens with zero attached hydrogens (tertiary/aromatic N) is 1. The van der Waals surface area contributed by atoms with Crippen LogP contribution in [-0.2, 0) is 22.9 Å². The molecule has 4 aromatic rings. The van der Waals surface area contributed by atoms with E-state index in [1.54, 1.807) is 12.1 Å². The summed E-state index contributed by atoms with van der Waals surface area (Å²) in [6.45, 7) is 12.4. The van der Waals surface area contributed by atoms with Crippen molar-refractivity contribution in [3.63, 3.8) is 0 Å². The zero-order valence-electron chi connectivity index (χ0n) is 30.1. The Balaban J connectivity index is 1.28. The van der Waals surface area contributed by atoms with Gasteiger partial charge in [0.15, 0.2) is 0 Å². The largest absolute Gasteiger partial charge is 0.508 e. The minimum absolute atomic E-state index is 0.0291. The van der Waals surface area contributed by atoms with E-state index in [4.69, 9.17) is 4.74 Å². The van der Waals surface area contributed by atoms with Crippen LogP contribution in [0.2, 0.25) is 0 Å². The number of benzene rings is 4. The van der Waals surface area contributed by atoms with Crippen LogP contribution in [0.4, 0.5) is 11.4 Å². The fourth-order valence-corrected chi connectivity index (χ4v) is 7.00. The lowest BCUT2D eigenvalue weighted by atomic mass is 9.87.